The highest BCUT2D eigenvalue weighted by molar-refractivity contribution is 6.14. The summed E-state index contributed by atoms with van der Waals surface area (Å²) in [5.41, 5.74) is 9.68. The van der Waals surface area contributed by atoms with E-state index in [1.165, 1.54) is 18.2 Å². The fourth-order valence-corrected chi connectivity index (χ4v) is 3.81. The highest BCUT2D eigenvalue weighted by Gasteiger charge is 2.19. The predicted octanol–water partition coefficient (Wildman–Crippen LogP) is 3.73. The molecule has 4 aromatic rings. The van der Waals surface area contributed by atoms with Gasteiger partial charge in [-0.1, -0.05) is 24.3 Å². The Balaban J connectivity index is 1.63. The maximum absolute atomic E-state index is 13.7. The predicted molar refractivity (Wildman–Crippen MR) is 126 cm³/mol. The molecule has 0 unspecified atom stereocenters. The molecule has 34 heavy (non-hydrogen) atoms. The molecule has 174 valence electrons. The SMILES string of the molecule is COCc1ccc(Cn2nc(C)c(NC(=O)c3cc(C(N)=O)nc4cc(F)ccc34)c2C)cc1. The van der Waals surface area contributed by atoms with Gasteiger partial charge >= 0.3 is 0 Å². The van der Waals surface area contributed by atoms with Crippen molar-refractivity contribution < 1.29 is 18.7 Å². The Morgan fingerprint density at radius 2 is 1.79 bits per heavy atom. The maximum Gasteiger partial charge on any atom is 0.267 e. The third-order valence-corrected chi connectivity index (χ3v) is 5.56. The summed E-state index contributed by atoms with van der Waals surface area (Å²) in [7, 11) is 1.65. The minimum absolute atomic E-state index is 0.121. The van der Waals surface area contributed by atoms with E-state index in [9.17, 15) is 14.0 Å². The molecule has 2 aromatic heterocycles. The Morgan fingerprint density at radius 1 is 1.09 bits per heavy atom. The number of hydrogen-bond donors (Lipinski definition) is 2. The van der Waals surface area contributed by atoms with Crippen LogP contribution >= 0.6 is 0 Å². The standard InChI is InChI=1S/C25H24FN5O3/c1-14-23(15(2)31(30-14)12-16-4-6-17(7-5-16)13-34-3)29-25(33)20-11-22(24(27)32)28-21-10-18(26)8-9-19(20)21/h4-11H,12-13H2,1-3H3,(H2,27,32)(H,29,33). The molecule has 8 nitrogen and oxygen atoms in total. The van der Waals surface area contributed by atoms with Crippen molar-refractivity contribution in [2.75, 3.05) is 12.4 Å². The number of hydrogen-bond acceptors (Lipinski definition) is 5. The van der Waals surface area contributed by atoms with Crippen LogP contribution in [0.15, 0.2) is 48.5 Å². The number of benzene rings is 2. The van der Waals surface area contributed by atoms with E-state index in [1.54, 1.807) is 14.0 Å². The quantitative estimate of drug-likeness (QED) is 0.436. The smallest absolute Gasteiger partial charge is 0.267 e. The second-order valence-electron chi connectivity index (χ2n) is 7.99. The van der Waals surface area contributed by atoms with Crippen LogP contribution in [0.25, 0.3) is 10.9 Å². The van der Waals surface area contributed by atoms with Crippen LogP contribution in [-0.4, -0.2) is 33.7 Å². The summed E-state index contributed by atoms with van der Waals surface area (Å²) in [6.07, 6.45) is 0. The summed E-state index contributed by atoms with van der Waals surface area (Å²) in [5, 5.41) is 7.86. The lowest BCUT2D eigenvalue weighted by Crippen LogP contribution is -2.18. The Hall–Kier alpha value is -4.11. The van der Waals surface area contributed by atoms with Crippen LogP contribution < -0.4 is 11.1 Å². The van der Waals surface area contributed by atoms with Crippen LogP contribution in [0.4, 0.5) is 10.1 Å². The van der Waals surface area contributed by atoms with E-state index in [0.717, 1.165) is 22.9 Å². The molecule has 0 atom stereocenters. The summed E-state index contributed by atoms with van der Waals surface area (Å²) in [4.78, 5) is 29.0. The molecule has 2 amide bonds. The Kier molecular flexibility index (Phi) is 6.38. The number of nitrogens with zero attached hydrogens (tertiary/aromatic N) is 3. The zero-order valence-electron chi connectivity index (χ0n) is 19.1. The van der Waals surface area contributed by atoms with Crippen LogP contribution in [0.2, 0.25) is 0 Å². The number of nitrogens with one attached hydrogen (secondary N) is 1. The van der Waals surface area contributed by atoms with Gasteiger partial charge in [0, 0.05) is 18.6 Å². The lowest BCUT2D eigenvalue weighted by atomic mass is 10.1. The van der Waals surface area contributed by atoms with Crippen molar-refractivity contribution in [2.45, 2.75) is 27.0 Å². The number of pyridine rings is 1. The van der Waals surface area contributed by atoms with Gasteiger partial charge in [-0.15, -0.1) is 0 Å². The van der Waals surface area contributed by atoms with Gasteiger partial charge in [0.1, 0.15) is 11.5 Å². The monoisotopic (exact) mass is 461 g/mol. The first-order chi connectivity index (χ1) is 16.3. The number of rotatable bonds is 7. The number of nitrogens with two attached hydrogens (primary N) is 1. The first kappa shape index (κ1) is 23.1. The molecule has 0 saturated heterocycles. The van der Waals surface area contributed by atoms with Crippen molar-refractivity contribution in [3.05, 3.63) is 88.1 Å². The Labute approximate surface area is 195 Å². The average Bonchev–Trinajstić information content (AvgIpc) is 3.06. The molecule has 0 radical (unpaired) electrons. The number of carbonyl (C=O) groups excluding carboxylic acids is 2. The molecule has 4 rings (SSSR count). The number of aryl methyl sites for hydroxylation is 1. The fraction of sp³-hybridized carbons (Fsp3) is 0.200. The molecule has 0 aliphatic rings. The number of anilines is 1. The van der Waals surface area contributed by atoms with E-state index in [-0.39, 0.29) is 16.8 Å². The zero-order chi connectivity index (χ0) is 24.4. The van der Waals surface area contributed by atoms with Gasteiger partial charge in [-0.3, -0.25) is 14.3 Å². The number of aromatic nitrogens is 3. The molecular formula is C25H24FN5O3. The average molecular weight is 461 g/mol. The number of fused-ring (bicyclic) bond motifs is 1. The van der Waals surface area contributed by atoms with Crippen molar-refractivity contribution >= 4 is 28.4 Å². The topological polar surface area (TPSA) is 112 Å². The minimum Gasteiger partial charge on any atom is -0.380 e. The molecule has 0 aliphatic carbocycles. The van der Waals surface area contributed by atoms with Gasteiger partial charge in [-0.2, -0.15) is 5.10 Å². The van der Waals surface area contributed by atoms with Crippen LogP contribution in [-0.2, 0) is 17.9 Å². The second kappa shape index (κ2) is 9.40. The van der Waals surface area contributed by atoms with Gasteiger partial charge in [0.15, 0.2) is 0 Å². The van der Waals surface area contributed by atoms with E-state index in [1.807, 2.05) is 35.9 Å². The first-order valence-electron chi connectivity index (χ1n) is 10.6. The molecule has 2 heterocycles. The van der Waals surface area contributed by atoms with E-state index >= 15 is 0 Å². The van der Waals surface area contributed by atoms with E-state index in [4.69, 9.17) is 10.5 Å². The van der Waals surface area contributed by atoms with Gasteiger partial charge in [-0.05, 0) is 43.2 Å². The normalized spacial score (nSPS) is 11.1. The van der Waals surface area contributed by atoms with Crippen LogP contribution in [0.1, 0.15) is 43.4 Å². The summed E-state index contributed by atoms with van der Waals surface area (Å²) < 4.78 is 20.7. The number of ether oxygens (including phenoxy) is 1. The first-order valence-corrected chi connectivity index (χ1v) is 10.6. The van der Waals surface area contributed by atoms with Gasteiger partial charge in [0.05, 0.1) is 41.3 Å². The van der Waals surface area contributed by atoms with E-state index in [2.05, 4.69) is 15.4 Å². The number of amides is 2. The van der Waals surface area contributed by atoms with E-state index < -0.39 is 17.6 Å². The van der Waals surface area contributed by atoms with Gasteiger partial charge in [0.2, 0.25) is 0 Å². The molecular weight excluding hydrogens is 437 g/mol. The zero-order valence-corrected chi connectivity index (χ0v) is 19.1. The lowest BCUT2D eigenvalue weighted by molar-refractivity contribution is 0.0996. The van der Waals surface area contributed by atoms with Crippen LogP contribution in [0.5, 0.6) is 0 Å². The summed E-state index contributed by atoms with van der Waals surface area (Å²) in [6, 6.07) is 13.2. The minimum atomic E-state index is -0.808. The number of halogens is 1. The van der Waals surface area contributed by atoms with Gasteiger partial charge < -0.3 is 15.8 Å². The van der Waals surface area contributed by atoms with Crippen LogP contribution in [0.3, 0.4) is 0 Å². The Bertz CT molecular complexity index is 1400. The highest BCUT2D eigenvalue weighted by atomic mass is 19.1. The second-order valence-corrected chi connectivity index (χ2v) is 7.99. The van der Waals surface area contributed by atoms with Crippen molar-refractivity contribution in [1.29, 1.82) is 0 Å². The number of primary amides is 1. The van der Waals surface area contributed by atoms with E-state index in [0.29, 0.717) is 29.9 Å². The van der Waals surface area contributed by atoms with Crippen molar-refractivity contribution in [1.82, 2.24) is 14.8 Å². The molecule has 3 N–H and O–H groups in total. The number of methoxy groups -OCH3 is 1. The third-order valence-electron chi connectivity index (χ3n) is 5.56. The largest absolute Gasteiger partial charge is 0.380 e. The molecule has 0 aliphatic heterocycles. The van der Waals surface area contributed by atoms with Crippen LogP contribution in [0, 0.1) is 19.7 Å². The van der Waals surface area contributed by atoms with Gasteiger partial charge in [-0.25, -0.2) is 9.37 Å². The fourth-order valence-electron chi connectivity index (χ4n) is 3.81. The van der Waals surface area contributed by atoms with Crippen molar-refractivity contribution in [3.8, 4) is 0 Å². The maximum atomic E-state index is 13.7. The van der Waals surface area contributed by atoms with Crippen molar-refractivity contribution in [2.24, 2.45) is 5.73 Å². The summed E-state index contributed by atoms with van der Waals surface area (Å²) in [5.74, 6) is -1.82. The Morgan fingerprint density at radius 3 is 2.47 bits per heavy atom. The van der Waals surface area contributed by atoms with Crippen molar-refractivity contribution in [3.63, 3.8) is 0 Å². The lowest BCUT2D eigenvalue weighted by Gasteiger charge is -2.10. The summed E-state index contributed by atoms with van der Waals surface area (Å²) >= 11 is 0. The molecule has 0 fully saturated rings. The highest BCUT2D eigenvalue weighted by Crippen LogP contribution is 2.25. The van der Waals surface area contributed by atoms with Gasteiger partial charge in [0.25, 0.3) is 11.8 Å². The third kappa shape index (κ3) is 4.65. The number of carbonyl (C=O) groups is 2. The molecule has 0 bridgehead atoms. The molecule has 2 aromatic carbocycles. The molecule has 9 heteroatoms. The summed E-state index contributed by atoms with van der Waals surface area (Å²) in [6.45, 7) is 4.74. The molecule has 0 saturated carbocycles. The molecule has 0 spiro atoms.